The summed E-state index contributed by atoms with van der Waals surface area (Å²) in [6.07, 6.45) is 3.19. The Bertz CT molecular complexity index is 416. The monoisotopic (exact) mass is 252 g/mol. The molecule has 0 spiro atoms. The zero-order valence-corrected chi connectivity index (χ0v) is 10.7. The summed E-state index contributed by atoms with van der Waals surface area (Å²) in [6.45, 7) is 2.94. The van der Waals surface area contributed by atoms with E-state index in [-0.39, 0.29) is 5.91 Å². The van der Waals surface area contributed by atoms with Crippen LogP contribution >= 0.6 is 11.6 Å². The van der Waals surface area contributed by atoms with Crippen molar-refractivity contribution < 1.29 is 4.79 Å². The lowest BCUT2D eigenvalue weighted by Gasteiger charge is -2.11. The number of amides is 1. The van der Waals surface area contributed by atoms with Gasteiger partial charge >= 0.3 is 0 Å². The summed E-state index contributed by atoms with van der Waals surface area (Å²) in [4.78, 5) is 12.0. The van der Waals surface area contributed by atoms with Crippen molar-refractivity contribution in [3.63, 3.8) is 0 Å². The van der Waals surface area contributed by atoms with Gasteiger partial charge in [-0.3, -0.25) is 4.79 Å². The van der Waals surface area contributed by atoms with Gasteiger partial charge < -0.3 is 10.6 Å². The van der Waals surface area contributed by atoms with Gasteiger partial charge in [0.15, 0.2) is 0 Å². The van der Waals surface area contributed by atoms with Gasteiger partial charge in [-0.2, -0.15) is 0 Å². The second-order valence-electron chi connectivity index (χ2n) is 4.36. The predicted molar refractivity (Wildman–Crippen MR) is 70.7 cm³/mol. The Morgan fingerprint density at radius 1 is 1.47 bits per heavy atom. The van der Waals surface area contributed by atoms with E-state index in [1.54, 1.807) is 12.1 Å². The van der Waals surface area contributed by atoms with Crippen LogP contribution in [0.4, 0.5) is 5.69 Å². The molecule has 1 aliphatic carbocycles. The molecule has 0 aromatic heterocycles. The maximum atomic E-state index is 12.0. The molecule has 0 heterocycles. The molecule has 3 nitrogen and oxygen atoms in total. The standard InChI is InChI=1S/C13H17ClN2O/c1-2-7-15-12-6-3-9(14)8-11(12)13(17)16-10-4-5-10/h3,6,8,10,15H,2,4-5,7H2,1H3,(H,16,17). The van der Waals surface area contributed by atoms with Crippen molar-refractivity contribution in [1.82, 2.24) is 5.32 Å². The van der Waals surface area contributed by atoms with E-state index < -0.39 is 0 Å². The summed E-state index contributed by atoms with van der Waals surface area (Å²) in [6, 6.07) is 5.74. The van der Waals surface area contributed by atoms with Gasteiger partial charge in [0.1, 0.15) is 0 Å². The number of benzene rings is 1. The van der Waals surface area contributed by atoms with E-state index in [0.717, 1.165) is 31.5 Å². The molecular formula is C13H17ClN2O. The van der Waals surface area contributed by atoms with Gasteiger partial charge in [-0.25, -0.2) is 0 Å². The molecule has 4 heteroatoms. The highest BCUT2D eigenvalue weighted by Gasteiger charge is 2.24. The molecule has 1 saturated carbocycles. The molecule has 0 radical (unpaired) electrons. The Hall–Kier alpha value is -1.22. The Labute approximate surface area is 107 Å². The quantitative estimate of drug-likeness (QED) is 0.846. The van der Waals surface area contributed by atoms with Crippen LogP contribution in [0, 0.1) is 0 Å². The topological polar surface area (TPSA) is 41.1 Å². The van der Waals surface area contributed by atoms with Gasteiger partial charge in [-0.1, -0.05) is 18.5 Å². The number of halogens is 1. The smallest absolute Gasteiger partial charge is 0.253 e. The van der Waals surface area contributed by atoms with Crippen LogP contribution in [0.25, 0.3) is 0 Å². The number of nitrogens with one attached hydrogen (secondary N) is 2. The van der Waals surface area contributed by atoms with Crippen LogP contribution in [0.15, 0.2) is 18.2 Å². The summed E-state index contributed by atoms with van der Waals surface area (Å²) < 4.78 is 0. The molecule has 0 bridgehead atoms. The lowest BCUT2D eigenvalue weighted by molar-refractivity contribution is 0.0952. The molecule has 0 atom stereocenters. The first-order chi connectivity index (χ1) is 8.20. The average Bonchev–Trinajstić information content (AvgIpc) is 3.11. The van der Waals surface area contributed by atoms with Crippen LogP contribution in [-0.4, -0.2) is 18.5 Å². The fourth-order valence-corrected chi connectivity index (χ4v) is 1.78. The number of hydrogen-bond donors (Lipinski definition) is 2. The SMILES string of the molecule is CCCNc1ccc(Cl)cc1C(=O)NC1CC1. The fraction of sp³-hybridized carbons (Fsp3) is 0.462. The molecule has 1 amide bonds. The molecule has 0 unspecified atom stereocenters. The molecule has 1 aromatic carbocycles. The van der Waals surface area contributed by atoms with Gasteiger partial charge in [-0.05, 0) is 37.5 Å². The van der Waals surface area contributed by atoms with Crippen molar-refractivity contribution in [3.8, 4) is 0 Å². The van der Waals surface area contributed by atoms with Gasteiger partial charge in [0.05, 0.1) is 5.56 Å². The number of carbonyl (C=O) groups excluding carboxylic acids is 1. The minimum atomic E-state index is -0.0337. The van der Waals surface area contributed by atoms with Gasteiger partial charge in [0, 0.05) is 23.3 Å². The van der Waals surface area contributed by atoms with Crippen LogP contribution in [0.5, 0.6) is 0 Å². The molecular weight excluding hydrogens is 236 g/mol. The highest BCUT2D eigenvalue weighted by Crippen LogP contribution is 2.24. The Morgan fingerprint density at radius 2 is 2.24 bits per heavy atom. The molecule has 1 aliphatic rings. The summed E-state index contributed by atoms with van der Waals surface area (Å²) in [5, 5.41) is 6.81. The third kappa shape index (κ3) is 3.37. The number of anilines is 1. The summed E-state index contributed by atoms with van der Waals surface area (Å²) in [7, 11) is 0. The summed E-state index contributed by atoms with van der Waals surface area (Å²) in [5.41, 5.74) is 1.49. The fourth-order valence-electron chi connectivity index (χ4n) is 1.61. The lowest BCUT2D eigenvalue weighted by Crippen LogP contribution is -2.26. The number of carbonyl (C=O) groups is 1. The second kappa shape index (κ2) is 5.41. The van der Waals surface area contributed by atoms with Gasteiger partial charge in [0.2, 0.25) is 0 Å². The van der Waals surface area contributed by atoms with Gasteiger partial charge in [0.25, 0.3) is 5.91 Å². The van der Waals surface area contributed by atoms with Crippen molar-refractivity contribution >= 4 is 23.2 Å². The van der Waals surface area contributed by atoms with Gasteiger partial charge in [-0.15, -0.1) is 0 Å². The average molecular weight is 253 g/mol. The minimum absolute atomic E-state index is 0.0337. The van der Waals surface area contributed by atoms with Crippen molar-refractivity contribution in [2.75, 3.05) is 11.9 Å². The highest BCUT2D eigenvalue weighted by atomic mass is 35.5. The molecule has 1 aromatic rings. The largest absolute Gasteiger partial charge is 0.384 e. The summed E-state index contributed by atoms with van der Waals surface area (Å²) in [5.74, 6) is -0.0337. The Morgan fingerprint density at radius 3 is 2.88 bits per heavy atom. The molecule has 2 N–H and O–H groups in total. The second-order valence-corrected chi connectivity index (χ2v) is 4.80. The third-order valence-corrected chi connectivity index (χ3v) is 2.94. The van der Waals surface area contributed by atoms with E-state index in [1.165, 1.54) is 0 Å². The zero-order valence-electron chi connectivity index (χ0n) is 9.92. The molecule has 0 aliphatic heterocycles. The first kappa shape index (κ1) is 12.2. The molecule has 92 valence electrons. The normalized spacial score (nSPS) is 14.5. The first-order valence-electron chi connectivity index (χ1n) is 6.05. The molecule has 0 saturated heterocycles. The predicted octanol–water partition coefficient (Wildman–Crippen LogP) is 3.05. The molecule has 1 fully saturated rings. The minimum Gasteiger partial charge on any atom is -0.384 e. The van der Waals surface area contributed by atoms with E-state index in [2.05, 4.69) is 17.6 Å². The zero-order chi connectivity index (χ0) is 12.3. The van der Waals surface area contributed by atoms with E-state index in [1.807, 2.05) is 6.07 Å². The van der Waals surface area contributed by atoms with Crippen molar-refractivity contribution in [3.05, 3.63) is 28.8 Å². The first-order valence-corrected chi connectivity index (χ1v) is 6.42. The molecule has 2 rings (SSSR count). The Kier molecular flexibility index (Phi) is 3.89. The van der Waals surface area contributed by atoms with E-state index in [0.29, 0.717) is 16.6 Å². The van der Waals surface area contributed by atoms with Crippen molar-refractivity contribution in [1.29, 1.82) is 0 Å². The molecule has 17 heavy (non-hydrogen) atoms. The van der Waals surface area contributed by atoms with Crippen LogP contribution in [0.1, 0.15) is 36.5 Å². The van der Waals surface area contributed by atoms with E-state index in [4.69, 9.17) is 11.6 Å². The number of hydrogen-bond acceptors (Lipinski definition) is 2. The van der Waals surface area contributed by atoms with Crippen molar-refractivity contribution in [2.24, 2.45) is 0 Å². The van der Waals surface area contributed by atoms with Crippen molar-refractivity contribution in [2.45, 2.75) is 32.2 Å². The third-order valence-electron chi connectivity index (χ3n) is 2.70. The summed E-state index contributed by atoms with van der Waals surface area (Å²) >= 11 is 5.94. The van der Waals surface area contributed by atoms with Crippen LogP contribution in [-0.2, 0) is 0 Å². The van der Waals surface area contributed by atoms with E-state index in [9.17, 15) is 4.79 Å². The lowest BCUT2D eigenvalue weighted by atomic mass is 10.1. The Balaban J connectivity index is 2.15. The van der Waals surface area contributed by atoms with E-state index >= 15 is 0 Å². The highest BCUT2D eigenvalue weighted by molar-refractivity contribution is 6.31. The maximum absolute atomic E-state index is 12.0. The van der Waals surface area contributed by atoms with Crippen LogP contribution < -0.4 is 10.6 Å². The van der Waals surface area contributed by atoms with Crippen LogP contribution in [0.3, 0.4) is 0 Å². The van der Waals surface area contributed by atoms with Crippen LogP contribution in [0.2, 0.25) is 5.02 Å². The maximum Gasteiger partial charge on any atom is 0.253 e. The number of rotatable bonds is 5.